The number of hydrogen-bond donors (Lipinski definition) is 0. The average Bonchev–Trinajstić information content (AvgIpc) is 2.34. The van der Waals surface area contributed by atoms with Crippen LogP contribution in [-0.4, -0.2) is 5.11 Å². The molecule has 2 heteroatoms. The third-order valence-corrected chi connectivity index (χ3v) is 3.08. The van der Waals surface area contributed by atoms with Gasteiger partial charge in [0.1, 0.15) is 0 Å². The van der Waals surface area contributed by atoms with Crippen molar-refractivity contribution in [3.63, 3.8) is 0 Å². The minimum atomic E-state index is 0.777. The van der Waals surface area contributed by atoms with Crippen molar-refractivity contribution in [2.75, 3.05) is 0 Å². The first-order chi connectivity index (χ1) is 7.45. The largest absolute Gasteiger partial charge is 0.0622 e. The van der Waals surface area contributed by atoms with E-state index >= 15 is 0 Å². The van der Waals surface area contributed by atoms with Gasteiger partial charge in [0.15, 0.2) is 0 Å². The van der Waals surface area contributed by atoms with E-state index < -0.39 is 0 Å². The van der Waals surface area contributed by atoms with Gasteiger partial charge in [0.05, 0.1) is 0 Å². The molecule has 0 saturated heterocycles. The van der Waals surface area contributed by atoms with Crippen LogP contribution in [0.25, 0.3) is 0 Å². The van der Waals surface area contributed by atoms with Gasteiger partial charge in [-0.15, -0.1) is 0 Å². The molecule has 0 aliphatic rings. The second-order valence-electron chi connectivity index (χ2n) is 2.86. The second kappa shape index (κ2) is 7.63. The van der Waals surface area contributed by atoms with E-state index in [2.05, 4.69) is 83.6 Å². The maximum Gasteiger partial charge on any atom is -0.0226 e. The molecule has 2 aromatic rings. The van der Waals surface area contributed by atoms with Gasteiger partial charge in [0.2, 0.25) is 0 Å². The van der Waals surface area contributed by atoms with Gasteiger partial charge >= 0.3 is 23.0 Å². The van der Waals surface area contributed by atoms with Gasteiger partial charge in [-0.05, 0) is 10.6 Å². The molecule has 78 valence electrons. The quantitative estimate of drug-likeness (QED) is 0.590. The molecule has 0 radical (unpaired) electrons. The summed E-state index contributed by atoms with van der Waals surface area (Å²) >= 11 is 2.10. The zero-order valence-electron chi connectivity index (χ0n) is 8.33. The fourth-order valence-electron chi connectivity index (χ4n) is 1.21. The molecule has 0 saturated carbocycles. The minimum absolute atomic E-state index is 0.777. The minimum Gasteiger partial charge on any atom is -0.0622 e. The van der Waals surface area contributed by atoms with E-state index in [1.54, 1.807) is 0 Å². The van der Waals surface area contributed by atoms with E-state index in [9.17, 15) is 0 Å². The van der Waals surface area contributed by atoms with Crippen molar-refractivity contribution in [1.29, 1.82) is 0 Å². The molecule has 0 aromatic heterocycles. The van der Waals surface area contributed by atoms with Crippen molar-refractivity contribution in [2.45, 2.75) is 0 Å². The molecule has 0 nitrogen and oxygen atoms in total. The Labute approximate surface area is 103 Å². The Bertz CT molecular complexity index is 335. The van der Waals surface area contributed by atoms with Crippen LogP contribution in [0.2, 0.25) is 0 Å². The molecule has 0 bridgehead atoms. The van der Waals surface area contributed by atoms with E-state index in [4.69, 9.17) is 0 Å². The maximum absolute atomic E-state index is 3.18. The van der Waals surface area contributed by atoms with Crippen LogP contribution in [0.1, 0.15) is 0 Å². The molecule has 0 spiro atoms. The molecule has 15 heavy (non-hydrogen) atoms. The van der Waals surface area contributed by atoms with Crippen molar-refractivity contribution in [3.8, 4) is 0 Å². The van der Waals surface area contributed by atoms with Crippen LogP contribution < -0.4 is 10.6 Å². The summed E-state index contributed by atoms with van der Waals surface area (Å²) in [6.07, 6.45) is 0. The molecule has 0 N–H and O–H groups in total. The molecular weight excluding hydrogens is 288 g/mol. The van der Waals surface area contributed by atoms with Crippen molar-refractivity contribution in [1.82, 2.24) is 0 Å². The SMILES string of the molecule is [CH2]=[Ru].c1ccc(Pc2ccccc2)cc1. The van der Waals surface area contributed by atoms with Crippen LogP contribution >= 0.6 is 8.58 Å². The predicted molar refractivity (Wildman–Crippen MR) is 67.6 cm³/mol. The van der Waals surface area contributed by atoms with E-state index in [0.29, 0.717) is 0 Å². The third-order valence-electron chi connectivity index (χ3n) is 1.84. The van der Waals surface area contributed by atoms with Crippen molar-refractivity contribution in [3.05, 3.63) is 60.7 Å². The van der Waals surface area contributed by atoms with Gasteiger partial charge in [-0.25, -0.2) is 0 Å². The van der Waals surface area contributed by atoms with Gasteiger partial charge < -0.3 is 0 Å². The fourth-order valence-corrected chi connectivity index (χ4v) is 2.26. The van der Waals surface area contributed by atoms with Gasteiger partial charge in [0.25, 0.3) is 0 Å². The zero-order valence-corrected chi connectivity index (χ0v) is 11.1. The molecule has 0 unspecified atom stereocenters. The van der Waals surface area contributed by atoms with E-state index in [0.717, 1.165) is 8.58 Å². The Kier molecular flexibility index (Phi) is 6.32. The molecular formula is C13H13PRu. The number of hydrogen-bond acceptors (Lipinski definition) is 0. The van der Waals surface area contributed by atoms with Gasteiger partial charge in [-0.2, -0.15) is 0 Å². The Morgan fingerprint density at radius 1 is 0.667 bits per heavy atom. The van der Waals surface area contributed by atoms with Crippen LogP contribution in [0.3, 0.4) is 0 Å². The zero-order chi connectivity index (χ0) is 10.9. The predicted octanol–water partition coefficient (Wildman–Crippen LogP) is 2.28. The molecule has 0 atom stereocenters. The Hall–Kier alpha value is -0.637. The van der Waals surface area contributed by atoms with Crippen molar-refractivity contribution < 1.29 is 17.9 Å². The fraction of sp³-hybridized carbons (Fsp3) is 0. The monoisotopic (exact) mass is 302 g/mol. The second-order valence-corrected chi connectivity index (χ2v) is 4.26. The van der Waals surface area contributed by atoms with Crippen LogP contribution in [0, 0.1) is 0 Å². The first-order valence-corrected chi connectivity index (χ1v) is 6.80. The third kappa shape index (κ3) is 4.60. The van der Waals surface area contributed by atoms with Gasteiger partial charge in [0, 0.05) is 0 Å². The summed E-state index contributed by atoms with van der Waals surface area (Å²) in [6, 6.07) is 21.2. The van der Waals surface area contributed by atoms with Crippen molar-refractivity contribution >= 4 is 24.3 Å². The molecule has 0 heterocycles. The number of benzene rings is 2. The summed E-state index contributed by atoms with van der Waals surface area (Å²) in [7, 11) is 0.777. The molecule has 0 aliphatic heterocycles. The first-order valence-electron chi connectivity index (χ1n) is 4.57. The van der Waals surface area contributed by atoms with Gasteiger partial charge in [-0.1, -0.05) is 69.2 Å². The summed E-state index contributed by atoms with van der Waals surface area (Å²) in [5.74, 6) is 0. The normalized spacial score (nSPS) is 8.87. The molecule has 2 aromatic carbocycles. The molecule has 0 aliphatic carbocycles. The van der Waals surface area contributed by atoms with E-state index in [1.165, 1.54) is 10.6 Å². The van der Waals surface area contributed by atoms with E-state index in [-0.39, 0.29) is 0 Å². The van der Waals surface area contributed by atoms with Gasteiger partial charge in [-0.3, -0.25) is 0 Å². The average molecular weight is 301 g/mol. The topological polar surface area (TPSA) is 0 Å². The van der Waals surface area contributed by atoms with Crippen molar-refractivity contribution in [2.24, 2.45) is 0 Å². The van der Waals surface area contributed by atoms with Crippen LogP contribution in [-0.2, 0) is 17.9 Å². The smallest absolute Gasteiger partial charge is 0.0226 e. The summed E-state index contributed by atoms with van der Waals surface area (Å²) in [6.45, 7) is 0. The standard InChI is InChI=1S/C12H11P.CH2.Ru/c1-3-7-11(8-4-1)13-12-9-5-2-6-10-12;;/h1-10,13H;1H2;. The summed E-state index contributed by atoms with van der Waals surface area (Å²) in [5.41, 5.74) is 0. The van der Waals surface area contributed by atoms with Crippen LogP contribution in [0.5, 0.6) is 0 Å². The molecule has 0 amide bonds. The maximum atomic E-state index is 3.18. The summed E-state index contributed by atoms with van der Waals surface area (Å²) in [5, 5.41) is 5.97. The molecule has 2 rings (SSSR count). The van der Waals surface area contributed by atoms with Crippen LogP contribution in [0.4, 0.5) is 0 Å². The van der Waals surface area contributed by atoms with Crippen LogP contribution in [0.15, 0.2) is 60.7 Å². The first kappa shape index (κ1) is 12.4. The Morgan fingerprint density at radius 3 is 1.33 bits per heavy atom. The Balaban J connectivity index is 0.000000531. The summed E-state index contributed by atoms with van der Waals surface area (Å²) in [4.78, 5) is 0. The molecule has 0 fully saturated rings. The Morgan fingerprint density at radius 2 is 1.00 bits per heavy atom. The summed E-state index contributed by atoms with van der Waals surface area (Å²) < 4.78 is 0. The number of rotatable bonds is 2. The van der Waals surface area contributed by atoms with E-state index in [1.807, 2.05) is 0 Å².